The molecular formula is C20H26N2O4S. The fraction of sp³-hybridized carbons (Fsp3) is 0.350. The molecule has 2 rings (SSSR count). The Hall–Kier alpha value is -2.54. The Balaban J connectivity index is 2.10. The maximum atomic E-state index is 12.5. The molecule has 146 valence electrons. The van der Waals surface area contributed by atoms with Crippen molar-refractivity contribution in [3.63, 3.8) is 0 Å². The van der Waals surface area contributed by atoms with Gasteiger partial charge in [0.1, 0.15) is 12.3 Å². The van der Waals surface area contributed by atoms with Gasteiger partial charge in [-0.2, -0.15) is 0 Å². The van der Waals surface area contributed by atoms with Crippen LogP contribution in [-0.2, 0) is 14.8 Å². The molecule has 7 heteroatoms. The number of hydrogen-bond donors (Lipinski definition) is 1. The Morgan fingerprint density at radius 2 is 1.78 bits per heavy atom. The van der Waals surface area contributed by atoms with Gasteiger partial charge in [0.25, 0.3) is 0 Å². The Bertz CT molecular complexity index is 879. The largest absolute Gasteiger partial charge is 0.494 e. The number of para-hydroxylation sites is 1. The molecule has 0 aliphatic heterocycles. The number of ether oxygens (including phenoxy) is 1. The second-order valence-electron chi connectivity index (χ2n) is 6.35. The van der Waals surface area contributed by atoms with Crippen LogP contribution < -0.4 is 14.4 Å². The normalized spacial score (nSPS) is 12.3. The summed E-state index contributed by atoms with van der Waals surface area (Å²) in [6.07, 6.45) is 1.10. The van der Waals surface area contributed by atoms with E-state index in [1.54, 1.807) is 12.1 Å². The molecule has 1 N–H and O–H groups in total. The third-order valence-corrected chi connectivity index (χ3v) is 5.27. The Morgan fingerprint density at radius 3 is 2.33 bits per heavy atom. The van der Waals surface area contributed by atoms with Crippen LogP contribution >= 0.6 is 0 Å². The third kappa shape index (κ3) is 5.72. The van der Waals surface area contributed by atoms with Crippen molar-refractivity contribution < 1.29 is 17.9 Å². The lowest BCUT2D eigenvalue weighted by Gasteiger charge is -2.24. The summed E-state index contributed by atoms with van der Waals surface area (Å²) in [7, 11) is -3.59. The molecule has 27 heavy (non-hydrogen) atoms. The first-order chi connectivity index (χ1) is 12.7. The van der Waals surface area contributed by atoms with Gasteiger partial charge in [0.15, 0.2) is 0 Å². The summed E-state index contributed by atoms with van der Waals surface area (Å²) in [5, 5.41) is 2.85. The molecule has 1 amide bonds. The second-order valence-corrected chi connectivity index (χ2v) is 8.25. The van der Waals surface area contributed by atoms with Crippen molar-refractivity contribution >= 4 is 21.6 Å². The molecule has 0 aliphatic rings. The summed E-state index contributed by atoms with van der Waals surface area (Å²) < 4.78 is 31.0. The summed E-state index contributed by atoms with van der Waals surface area (Å²) >= 11 is 0. The quantitative estimate of drug-likeness (QED) is 0.752. The van der Waals surface area contributed by atoms with E-state index in [1.807, 2.05) is 57.2 Å². The molecule has 1 atom stereocenters. The maximum absolute atomic E-state index is 12.5. The van der Waals surface area contributed by atoms with E-state index in [2.05, 4.69) is 5.32 Å². The van der Waals surface area contributed by atoms with Gasteiger partial charge in [-0.25, -0.2) is 8.42 Å². The number of carbonyl (C=O) groups is 1. The topological polar surface area (TPSA) is 75.7 Å². The van der Waals surface area contributed by atoms with E-state index in [-0.39, 0.29) is 18.5 Å². The van der Waals surface area contributed by atoms with Crippen LogP contribution in [0.2, 0.25) is 0 Å². The highest BCUT2D eigenvalue weighted by Gasteiger charge is 2.23. The molecule has 0 saturated carbocycles. The number of amides is 1. The molecule has 6 nitrogen and oxygen atoms in total. The van der Waals surface area contributed by atoms with Gasteiger partial charge in [0.05, 0.1) is 24.6 Å². The molecule has 2 aromatic carbocycles. The number of anilines is 1. The van der Waals surface area contributed by atoms with Crippen molar-refractivity contribution in [1.82, 2.24) is 5.32 Å². The van der Waals surface area contributed by atoms with Gasteiger partial charge in [-0.05, 0) is 50.1 Å². The first-order valence-electron chi connectivity index (χ1n) is 8.77. The first-order valence-corrected chi connectivity index (χ1v) is 10.6. The fourth-order valence-corrected chi connectivity index (χ4v) is 3.66. The highest BCUT2D eigenvalue weighted by atomic mass is 32.2. The van der Waals surface area contributed by atoms with Gasteiger partial charge in [0, 0.05) is 0 Å². The molecule has 0 heterocycles. The average molecular weight is 391 g/mol. The maximum Gasteiger partial charge on any atom is 0.241 e. The van der Waals surface area contributed by atoms with Gasteiger partial charge >= 0.3 is 0 Å². The summed E-state index contributed by atoms with van der Waals surface area (Å²) in [4.78, 5) is 12.5. The highest BCUT2D eigenvalue weighted by molar-refractivity contribution is 7.92. The third-order valence-electron chi connectivity index (χ3n) is 4.14. The molecule has 0 bridgehead atoms. The van der Waals surface area contributed by atoms with Crippen molar-refractivity contribution in [3.05, 3.63) is 59.7 Å². The minimum absolute atomic E-state index is 0.258. The highest BCUT2D eigenvalue weighted by Crippen LogP contribution is 2.22. The van der Waals surface area contributed by atoms with Crippen molar-refractivity contribution in [2.24, 2.45) is 0 Å². The Morgan fingerprint density at radius 1 is 1.15 bits per heavy atom. The average Bonchev–Trinajstić information content (AvgIpc) is 2.60. The zero-order valence-electron chi connectivity index (χ0n) is 16.1. The van der Waals surface area contributed by atoms with Crippen LogP contribution in [0.15, 0.2) is 48.5 Å². The summed E-state index contributed by atoms with van der Waals surface area (Å²) in [6, 6.07) is 14.3. The van der Waals surface area contributed by atoms with Crippen LogP contribution in [0, 0.1) is 6.92 Å². The molecule has 0 aliphatic carbocycles. The lowest BCUT2D eigenvalue weighted by atomic mass is 10.1. The van der Waals surface area contributed by atoms with Crippen molar-refractivity contribution in [1.29, 1.82) is 0 Å². The van der Waals surface area contributed by atoms with Crippen molar-refractivity contribution in [3.8, 4) is 5.75 Å². The van der Waals surface area contributed by atoms with Gasteiger partial charge in [0.2, 0.25) is 15.9 Å². The van der Waals surface area contributed by atoms with Gasteiger partial charge < -0.3 is 10.1 Å². The van der Waals surface area contributed by atoms with Crippen LogP contribution in [0.1, 0.15) is 31.0 Å². The van der Waals surface area contributed by atoms with E-state index in [4.69, 9.17) is 4.74 Å². The lowest BCUT2D eigenvalue weighted by Crippen LogP contribution is -2.41. The Labute approximate surface area is 161 Å². The summed E-state index contributed by atoms with van der Waals surface area (Å²) in [5.74, 6) is 0.396. The molecule has 0 radical (unpaired) electrons. The number of benzene rings is 2. The first kappa shape index (κ1) is 20.8. The number of carbonyl (C=O) groups excluding carboxylic acids is 1. The zero-order chi connectivity index (χ0) is 20.0. The smallest absolute Gasteiger partial charge is 0.241 e. The molecule has 0 unspecified atom stereocenters. The minimum atomic E-state index is -3.59. The predicted octanol–water partition coefficient (Wildman–Crippen LogP) is 3.04. The SMILES string of the molecule is CCOc1ccc([C@H](C)NC(=O)CN(c2ccccc2C)S(C)(=O)=O)cc1. The second kappa shape index (κ2) is 8.90. The Kier molecular flexibility index (Phi) is 6.85. The summed E-state index contributed by atoms with van der Waals surface area (Å²) in [5.41, 5.74) is 2.20. The van der Waals surface area contributed by atoms with Crippen LogP contribution in [0.5, 0.6) is 5.75 Å². The molecule has 2 aromatic rings. The van der Waals surface area contributed by atoms with Crippen LogP contribution in [0.25, 0.3) is 0 Å². The van der Waals surface area contributed by atoms with E-state index < -0.39 is 10.0 Å². The van der Waals surface area contributed by atoms with Crippen LogP contribution in [0.4, 0.5) is 5.69 Å². The summed E-state index contributed by atoms with van der Waals surface area (Å²) in [6.45, 7) is 5.90. The molecular weight excluding hydrogens is 364 g/mol. The van der Waals surface area contributed by atoms with E-state index >= 15 is 0 Å². The molecule has 0 saturated heterocycles. The van der Waals surface area contributed by atoms with Gasteiger partial charge in [-0.15, -0.1) is 0 Å². The lowest BCUT2D eigenvalue weighted by molar-refractivity contribution is -0.120. The number of rotatable bonds is 8. The zero-order valence-corrected chi connectivity index (χ0v) is 16.9. The van der Waals surface area contributed by atoms with Gasteiger partial charge in [-0.1, -0.05) is 30.3 Å². The number of aryl methyl sites for hydroxylation is 1. The minimum Gasteiger partial charge on any atom is -0.494 e. The van der Waals surface area contributed by atoms with Crippen LogP contribution in [0.3, 0.4) is 0 Å². The van der Waals surface area contributed by atoms with Crippen molar-refractivity contribution in [2.75, 3.05) is 23.7 Å². The van der Waals surface area contributed by atoms with E-state index in [0.29, 0.717) is 12.3 Å². The number of nitrogens with zero attached hydrogens (tertiary/aromatic N) is 1. The molecule has 0 spiro atoms. The van der Waals surface area contributed by atoms with Crippen molar-refractivity contribution in [2.45, 2.75) is 26.8 Å². The monoisotopic (exact) mass is 390 g/mol. The predicted molar refractivity (Wildman–Crippen MR) is 108 cm³/mol. The number of nitrogens with one attached hydrogen (secondary N) is 1. The molecule has 0 aromatic heterocycles. The molecule has 0 fully saturated rings. The number of sulfonamides is 1. The van der Waals surface area contributed by atoms with Gasteiger partial charge in [-0.3, -0.25) is 9.10 Å². The van der Waals surface area contributed by atoms with Crippen LogP contribution in [-0.4, -0.2) is 33.7 Å². The fourth-order valence-electron chi connectivity index (χ4n) is 2.74. The van der Waals surface area contributed by atoms with E-state index in [0.717, 1.165) is 27.4 Å². The van der Waals surface area contributed by atoms with E-state index in [9.17, 15) is 13.2 Å². The standard InChI is InChI=1S/C20H26N2O4S/c1-5-26-18-12-10-17(11-13-18)16(3)21-20(23)14-22(27(4,24)25)19-9-7-6-8-15(19)2/h6-13,16H,5,14H2,1-4H3,(H,21,23)/t16-/m0/s1. The van der Waals surface area contributed by atoms with E-state index in [1.165, 1.54) is 0 Å². The number of hydrogen-bond acceptors (Lipinski definition) is 4.